The fourth-order valence-electron chi connectivity index (χ4n) is 4.50. The molecule has 1 aromatic carbocycles. The number of pyridine rings is 1. The zero-order valence-corrected chi connectivity index (χ0v) is 17.2. The van der Waals surface area contributed by atoms with Crippen LogP contribution in [0.3, 0.4) is 0 Å². The summed E-state index contributed by atoms with van der Waals surface area (Å²) in [6.45, 7) is 3.52. The Kier molecular flexibility index (Phi) is 5.28. The molecule has 3 heterocycles. The van der Waals surface area contributed by atoms with Gasteiger partial charge in [-0.05, 0) is 50.8 Å². The molecule has 0 radical (unpaired) electrons. The van der Waals surface area contributed by atoms with E-state index in [1.54, 1.807) is 11.8 Å². The number of fused-ring (bicyclic) bond motifs is 4. The van der Waals surface area contributed by atoms with E-state index >= 15 is 0 Å². The van der Waals surface area contributed by atoms with Gasteiger partial charge in [0.25, 0.3) is 11.8 Å². The van der Waals surface area contributed by atoms with Crippen LogP contribution in [-0.4, -0.2) is 39.0 Å². The number of nitrogens with one attached hydrogen (secondary N) is 1. The summed E-state index contributed by atoms with van der Waals surface area (Å²) in [7, 11) is 0. The Morgan fingerprint density at radius 2 is 1.90 bits per heavy atom. The van der Waals surface area contributed by atoms with Crippen molar-refractivity contribution >= 4 is 11.8 Å². The van der Waals surface area contributed by atoms with Crippen molar-refractivity contribution in [3.63, 3.8) is 0 Å². The quantitative estimate of drug-likeness (QED) is 0.782. The molecule has 2 N–H and O–H groups in total. The lowest BCUT2D eigenvalue weighted by Gasteiger charge is -2.40. The van der Waals surface area contributed by atoms with Crippen molar-refractivity contribution in [3.05, 3.63) is 62.6 Å². The SMILES string of the molecule is Cc1cc(F)c(CNC(=O)c2cn3c(c(O)c2=O)C(=O)N2CCCC[C@@H]3[C@H]2C)c(F)c1. The summed E-state index contributed by atoms with van der Waals surface area (Å²) < 4.78 is 29.6. The molecule has 0 unspecified atom stereocenters. The van der Waals surface area contributed by atoms with E-state index < -0.39 is 41.2 Å². The molecule has 1 fully saturated rings. The van der Waals surface area contributed by atoms with Gasteiger partial charge < -0.3 is 19.9 Å². The molecule has 0 aliphatic carbocycles. The lowest BCUT2D eigenvalue weighted by atomic mass is 9.99. The molecule has 9 heteroatoms. The third kappa shape index (κ3) is 3.47. The van der Waals surface area contributed by atoms with Gasteiger partial charge >= 0.3 is 0 Å². The number of aromatic nitrogens is 1. The molecule has 31 heavy (non-hydrogen) atoms. The first-order valence-electron chi connectivity index (χ1n) is 10.2. The van der Waals surface area contributed by atoms with Crippen LogP contribution in [0.15, 0.2) is 23.1 Å². The van der Waals surface area contributed by atoms with Crippen molar-refractivity contribution in [2.24, 2.45) is 0 Å². The first kappa shape index (κ1) is 21.0. The molecule has 7 nitrogen and oxygen atoms in total. The van der Waals surface area contributed by atoms with E-state index in [0.717, 1.165) is 31.4 Å². The van der Waals surface area contributed by atoms with Crippen LogP contribution in [-0.2, 0) is 6.54 Å². The Morgan fingerprint density at radius 3 is 2.58 bits per heavy atom. The molecule has 0 saturated carbocycles. The molecule has 2 aromatic rings. The smallest absolute Gasteiger partial charge is 0.274 e. The largest absolute Gasteiger partial charge is 0.503 e. The van der Waals surface area contributed by atoms with Crippen LogP contribution in [0, 0.1) is 18.6 Å². The van der Waals surface area contributed by atoms with Crippen molar-refractivity contribution < 1.29 is 23.5 Å². The van der Waals surface area contributed by atoms with E-state index in [1.807, 2.05) is 6.92 Å². The van der Waals surface area contributed by atoms with E-state index in [9.17, 15) is 28.3 Å². The molecular formula is C22H23F2N3O4. The molecule has 164 valence electrons. The molecule has 4 rings (SSSR count). The second-order valence-corrected chi connectivity index (χ2v) is 8.17. The number of nitrogens with zero attached hydrogens (tertiary/aromatic N) is 2. The molecule has 2 aliphatic rings. The summed E-state index contributed by atoms with van der Waals surface area (Å²) in [5.41, 5.74) is -1.42. The fraction of sp³-hybridized carbons (Fsp3) is 0.409. The Morgan fingerprint density at radius 1 is 1.23 bits per heavy atom. The van der Waals surface area contributed by atoms with E-state index in [4.69, 9.17) is 0 Å². The average molecular weight is 431 g/mol. The van der Waals surface area contributed by atoms with Crippen LogP contribution >= 0.6 is 0 Å². The second-order valence-electron chi connectivity index (χ2n) is 8.17. The third-order valence-corrected chi connectivity index (χ3v) is 6.18. The lowest BCUT2D eigenvalue weighted by molar-refractivity contribution is 0.0565. The van der Waals surface area contributed by atoms with E-state index in [0.29, 0.717) is 12.1 Å². The predicted molar refractivity (Wildman–Crippen MR) is 108 cm³/mol. The highest BCUT2D eigenvalue weighted by Gasteiger charge is 2.40. The minimum Gasteiger partial charge on any atom is -0.503 e. The summed E-state index contributed by atoms with van der Waals surface area (Å²) in [5, 5.41) is 12.8. The normalized spacial score (nSPS) is 20.3. The molecule has 2 aliphatic heterocycles. The van der Waals surface area contributed by atoms with Crippen molar-refractivity contribution in [2.75, 3.05) is 6.54 Å². The topological polar surface area (TPSA) is 91.6 Å². The van der Waals surface area contributed by atoms with Gasteiger partial charge in [-0.15, -0.1) is 0 Å². The number of hydrogen-bond donors (Lipinski definition) is 2. The summed E-state index contributed by atoms with van der Waals surface area (Å²) in [5.74, 6) is -3.72. The predicted octanol–water partition coefficient (Wildman–Crippen LogP) is 2.64. The van der Waals surface area contributed by atoms with Crippen molar-refractivity contribution in [2.45, 2.75) is 51.7 Å². The number of benzene rings is 1. The summed E-state index contributed by atoms with van der Waals surface area (Å²) in [6, 6.07) is 1.94. The number of hydrogen-bond acceptors (Lipinski definition) is 4. The number of aryl methyl sites for hydroxylation is 1. The lowest BCUT2D eigenvalue weighted by Crippen LogP contribution is -2.49. The van der Waals surface area contributed by atoms with Gasteiger partial charge in [0, 0.05) is 30.9 Å². The highest BCUT2D eigenvalue weighted by atomic mass is 19.1. The van der Waals surface area contributed by atoms with E-state index in [2.05, 4.69) is 5.32 Å². The molecular weight excluding hydrogens is 408 g/mol. The standard InChI is InChI=1S/C22H23F2N3O4/c1-11-7-15(23)13(16(24)8-11)9-25-21(30)14-10-27-17-5-3-4-6-26(12(17)2)22(31)18(27)20(29)19(14)28/h7-8,10,12,17,29H,3-6,9H2,1-2H3,(H,25,30)/t12-,17-/m1/s1. The summed E-state index contributed by atoms with van der Waals surface area (Å²) in [4.78, 5) is 39.9. The van der Waals surface area contributed by atoms with Gasteiger partial charge in [-0.2, -0.15) is 0 Å². The number of amides is 2. The molecule has 2 amide bonds. The van der Waals surface area contributed by atoms with Gasteiger partial charge in [0.05, 0.1) is 6.04 Å². The zero-order valence-electron chi connectivity index (χ0n) is 17.2. The zero-order chi connectivity index (χ0) is 22.4. The van der Waals surface area contributed by atoms with Gasteiger partial charge in [0.2, 0.25) is 5.43 Å². The molecule has 2 bridgehead atoms. The second kappa shape index (κ2) is 7.79. The van der Waals surface area contributed by atoms with E-state index in [1.165, 1.54) is 10.8 Å². The highest BCUT2D eigenvalue weighted by molar-refractivity contribution is 5.99. The molecule has 2 atom stereocenters. The first-order chi connectivity index (χ1) is 14.7. The maximum Gasteiger partial charge on any atom is 0.274 e. The molecule has 0 spiro atoms. The van der Waals surface area contributed by atoms with Gasteiger partial charge in [0.15, 0.2) is 11.4 Å². The molecule has 1 saturated heterocycles. The maximum absolute atomic E-state index is 14.1. The van der Waals surface area contributed by atoms with Gasteiger partial charge in [-0.25, -0.2) is 8.78 Å². The van der Waals surface area contributed by atoms with Gasteiger partial charge in [-0.1, -0.05) is 0 Å². The fourth-order valence-corrected chi connectivity index (χ4v) is 4.50. The van der Waals surface area contributed by atoms with Crippen molar-refractivity contribution in [1.29, 1.82) is 0 Å². The van der Waals surface area contributed by atoms with Crippen LogP contribution in [0.2, 0.25) is 0 Å². The van der Waals surface area contributed by atoms with Crippen LogP contribution in [0.25, 0.3) is 0 Å². The van der Waals surface area contributed by atoms with E-state index in [-0.39, 0.29) is 28.9 Å². The number of carbonyl (C=O) groups excluding carboxylic acids is 2. The number of rotatable bonds is 3. The first-order valence-corrected chi connectivity index (χ1v) is 10.2. The van der Waals surface area contributed by atoms with Gasteiger partial charge in [-0.3, -0.25) is 14.4 Å². The summed E-state index contributed by atoms with van der Waals surface area (Å²) >= 11 is 0. The van der Waals surface area contributed by atoms with Gasteiger partial charge in [0.1, 0.15) is 17.2 Å². The Hall–Kier alpha value is -3.23. The minimum absolute atomic E-state index is 0.123. The number of carbonyl (C=O) groups is 2. The van der Waals surface area contributed by atoms with Crippen LogP contribution in [0.5, 0.6) is 5.75 Å². The minimum atomic E-state index is -0.991. The Labute approximate surface area is 177 Å². The van der Waals surface area contributed by atoms with Crippen molar-refractivity contribution in [3.8, 4) is 5.75 Å². The Balaban J connectivity index is 1.69. The van der Waals surface area contributed by atoms with Crippen molar-refractivity contribution in [1.82, 2.24) is 14.8 Å². The number of aromatic hydroxyl groups is 1. The monoisotopic (exact) mass is 431 g/mol. The highest BCUT2D eigenvalue weighted by Crippen LogP contribution is 2.36. The maximum atomic E-state index is 14.1. The number of halogens is 2. The van der Waals surface area contributed by atoms with Crippen LogP contribution < -0.4 is 10.7 Å². The average Bonchev–Trinajstić information content (AvgIpc) is 2.85. The molecule has 1 aromatic heterocycles. The van der Waals surface area contributed by atoms with Crippen LogP contribution in [0.4, 0.5) is 8.78 Å². The third-order valence-electron chi connectivity index (χ3n) is 6.18. The van der Waals surface area contributed by atoms with Crippen LogP contribution in [0.1, 0.15) is 64.2 Å². The summed E-state index contributed by atoms with van der Waals surface area (Å²) in [6.07, 6.45) is 3.67. The Bertz CT molecular complexity index is 1120.